The summed E-state index contributed by atoms with van der Waals surface area (Å²) in [4.78, 5) is 12.5. The van der Waals surface area contributed by atoms with E-state index < -0.39 is 0 Å². The summed E-state index contributed by atoms with van der Waals surface area (Å²) >= 11 is 0. The third-order valence-electron chi connectivity index (χ3n) is 3.63. The van der Waals surface area contributed by atoms with Gasteiger partial charge in [0.05, 0.1) is 0 Å². The summed E-state index contributed by atoms with van der Waals surface area (Å²) in [6, 6.07) is 13.9. The average Bonchev–Trinajstić information content (AvgIpc) is 2.47. The lowest BCUT2D eigenvalue weighted by Crippen LogP contribution is -2.16. The monoisotopic (exact) mass is 267 g/mol. The van der Waals surface area contributed by atoms with Gasteiger partial charge in [-0.1, -0.05) is 50.2 Å². The molecule has 0 saturated heterocycles. The summed E-state index contributed by atoms with van der Waals surface area (Å²) in [7, 11) is 0. The quantitative estimate of drug-likeness (QED) is 0.875. The fraction of sp³-hybridized carbons (Fsp3) is 0.278. The highest BCUT2D eigenvalue weighted by Crippen LogP contribution is 2.23. The van der Waals surface area contributed by atoms with Crippen LogP contribution in [0.15, 0.2) is 42.5 Å². The van der Waals surface area contributed by atoms with Crippen LogP contribution < -0.4 is 5.32 Å². The Kier molecular flexibility index (Phi) is 4.57. The van der Waals surface area contributed by atoms with E-state index in [1.54, 1.807) is 0 Å². The summed E-state index contributed by atoms with van der Waals surface area (Å²) in [6.45, 7) is 6.18. The number of para-hydroxylation sites is 1. The number of aryl methyl sites for hydroxylation is 3. The third-order valence-corrected chi connectivity index (χ3v) is 3.63. The first-order valence-electron chi connectivity index (χ1n) is 7.15. The molecule has 2 aromatic rings. The first-order chi connectivity index (χ1) is 9.67. The molecule has 0 spiro atoms. The molecule has 104 valence electrons. The molecular weight excluding hydrogens is 246 g/mol. The van der Waals surface area contributed by atoms with Gasteiger partial charge < -0.3 is 5.32 Å². The van der Waals surface area contributed by atoms with Crippen molar-refractivity contribution >= 4 is 11.6 Å². The Morgan fingerprint density at radius 2 is 1.55 bits per heavy atom. The molecule has 0 fully saturated rings. The first kappa shape index (κ1) is 14.3. The zero-order valence-electron chi connectivity index (χ0n) is 12.4. The molecule has 1 N–H and O–H groups in total. The second-order valence-electron chi connectivity index (χ2n) is 4.93. The Bertz CT molecular complexity index is 594. The molecule has 0 aliphatic heterocycles. The summed E-state index contributed by atoms with van der Waals surface area (Å²) in [5, 5.41) is 3.10. The van der Waals surface area contributed by atoms with E-state index in [4.69, 9.17) is 0 Å². The molecule has 0 radical (unpaired) electrons. The maximum Gasteiger partial charge on any atom is 0.255 e. The van der Waals surface area contributed by atoms with Crippen molar-refractivity contribution in [2.24, 2.45) is 0 Å². The fourth-order valence-electron chi connectivity index (χ4n) is 2.41. The van der Waals surface area contributed by atoms with Gasteiger partial charge in [0, 0.05) is 11.3 Å². The Labute approximate surface area is 120 Å². The van der Waals surface area contributed by atoms with Crippen LogP contribution in [0.3, 0.4) is 0 Å². The van der Waals surface area contributed by atoms with Gasteiger partial charge in [-0.3, -0.25) is 4.79 Å². The molecule has 2 nitrogen and oxygen atoms in total. The van der Waals surface area contributed by atoms with Crippen LogP contribution in [-0.4, -0.2) is 5.91 Å². The second-order valence-corrected chi connectivity index (χ2v) is 4.93. The van der Waals surface area contributed by atoms with E-state index in [-0.39, 0.29) is 5.91 Å². The number of carbonyl (C=O) groups is 1. The van der Waals surface area contributed by atoms with E-state index >= 15 is 0 Å². The number of benzene rings is 2. The van der Waals surface area contributed by atoms with E-state index in [1.807, 2.05) is 31.2 Å². The molecule has 2 aromatic carbocycles. The van der Waals surface area contributed by atoms with E-state index in [1.165, 1.54) is 11.1 Å². The summed E-state index contributed by atoms with van der Waals surface area (Å²) in [6.07, 6.45) is 1.83. The predicted molar refractivity (Wildman–Crippen MR) is 84.3 cm³/mol. The summed E-state index contributed by atoms with van der Waals surface area (Å²) < 4.78 is 0. The average molecular weight is 267 g/mol. The van der Waals surface area contributed by atoms with Gasteiger partial charge in [-0.05, 0) is 42.5 Å². The van der Waals surface area contributed by atoms with Crippen molar-refractivity contribution < 1.29 is 4.79 Å². The number of hydrogen-bond donors (Lipinski definition) is 1. The first-order valence-corrected chi connectivity index (χ1v) is 7.15. The van der Waals surface area contributed by atoms with Crippen molar-refractivity contribution in [2.45, 2.75) is 33.6 Å². The zero-order valence-corrected chi connectivity index (χ0v) is 12.4. The Morgan fingerprint density at radius 1 is 0.950 bits per heavy atom. The molecule has 0 aromatic heterocycles. The van der Waals surface area contributed by atoms with E-state index in [0.717, 1.165) is 29.7 Å². The van der Waals surface area contributed by atoms with Crippen LogP contribution in [0.25, 0.3) is 0 Å². The molecule has 2 rings (SSSR count). The van der Waals surface area contributed by atoms with Gasteiger partial charge in [-0.2, -0.15) is 0 Å². The number of rotatable bonds is 4. The van der Waals surface area contributed by atoms with Crippen LogP contribution in [0.1, 0.15) is 40.9 Å². The normalized spacial score (nSPS) is 10.3. The number of anilines is 1. The summed E-state index contributed by atoms with van der Waals surface area (Å²) in [5.41, 5.74) is 5.08. The lowest BCUT2D eigenvalue weighted by molar-refractivity contribution is 0.102. The molecule has 1 amide bonds. The highest BCUT2D eigenvalue weighted by Gasteiger charge is 2.12. The molecule has 0 heterocycles. The summed E-state index contributed by atoms with van der Waals surface area (Å²) in [5.74, 6) is -0.0290. The lowest BCUT2D eigenvalue weighted by atomic mass is 10.0. The highest BCUT2D eigenvalue weighted by atomic mass is 16.1. The number of hydrogen-bond acceptors (Lipinski definition) is 1. The van der Waals surface area contributed by atoms with Crippen LogP contribution in [-0.2, 0) is 12.8 Å². The molecule has 0 aliphatic rings. The van der Waals surface area contributed by atoms with E-state index in [0.29, 0.717) is 0 Å². The smallest absolute Gasteiger partial charge is 0.255 e. The van der Waals surface area contributed by atoms with Gasteiger partial charge in [0.1, 0.15) is 0 Å². The lowest BCUT2D eigenvalue weighted by Gasteiger charge is -2.15. The molecule has 0 aliphatic carbocycles. The predicted octanol–water partition coefficient (Wildman–Crippen LogP) is 4.37. The Morgan fingerprint density at radius 3 is 2.10 bits per heavy atom. The highest BCUT2D eigenvalue weighted by molar-refractivity contribution is 6.06. The Hall–Kier alpha value is -2.09. The van der Waals surface area contributed by atoms with Crippen molar-refractivity contribution in [3.8, 4) is 0 Å². The minimum atomic E-state index is -0.0290. The van der Waals surface area contributed by atoms with Crippen LogP contribution in [0.5, 0.6) is 0 Å². The minimum absolute atomic E-state index is 0.0290. The standard InChI is InChI=1S/C18H21NO/c1-4-14-10-8-11-15(5-2)17(14)19-18(20)16-12-7-6-9-13(16)3/h6-12H,4-5H2,1-3H3,(H,19,20). The van der Waals surface area contributed by atoms with Gasteiger partial charge >= 0.3 is 0 Å². The maximum atomic E-state index is 12.5. The number of carbonyl (C=O) groups excluding carboxylic acids is 1. The van der Waals surface area contributed by atoms with E-state index in [2.05, 4.69) is 37.4 Å². The Balaban J connectivity index is 2.35. The van der Waals surface area contributed by atoms with Crippen LogP contribution in [0, 0.1) is 6.92 Å². The molecule has 0 unspecified atom stereocenters. The van der Waals surface area contributed by atoms with Crippen LogP contribution in [0.4, 0.5) is 5.69 Å². The van der Waals surface area contributed by atoms with Gasteiger partial charge in [-0.15, -0.1) is 0 Å². The molecule has 2 heteroatoms. The molecular formula is C18H21NO. The zero-order chi connectivity index (χ0) is 14.5. The largest absolute Gasteiger partial charge is 0.321 e. The topological polar surface area (TPSA) is 29.1 Å². The molecule has 20 heavy (non-hydrogen) atoms. The van der Waals surface area contributed by atoms with Gasteiger partial charge in [0.2, 0.25) is 0 Å². The number of amides is 1. The number of nitrogens with one attached hydrogen (secondary N) is 1. The van der Waals surface area contributed by atoms with Crippen molar-refractivity contribution in [1.29, 1.82) is 0 Å². The molecule has 0 saturated carbocycles. The van der Waals surface area contributed by atoms with Crippen LogP contribution in [0.2, 0.25) is 0 Å². The maximum absolute atomic E-state index is 12.5. The van der Waals surface area contributed by atoms with Crippen LogP contribution >= 0.6 is 0 Å². The van der Waals surface area contributed by atoms with Crippen molar-refractivity contribution in [2.75, 3.05) is 5.32 Å². The second kappa shape index (κ2) is 6.38. The van der Waals surface area contributed by atoms with Crippen molar-refractivity contribution in [3.05, 3.63) is 64.7 Å². The third kappa shape index (κ3) is 2.90. The van der Waals surface area contributed by atoms with Crippen molar-refractivity contribution in [3.63, 3.8) is 0 Å². The van der Waals surface area contributed by atoms with Crippen molar-refractivity contribution in [1.82, 2.24) is 0 Å². The van der Waals surface area contributed by atoms with Gasteiger partial charge in [0.15, 0.2) is 0 Å². The molecule has 0 atom stereocenters. The van der Waals surface area contributed by atoms with E-state index in [9.17, 15) is 4.79 Å². The van der Waals surface area contributed by atoms with Gasteiger partial charge in [-0.25, -0.2) is 0 Å². The SMILES string of the molecule is CCc1cccc(CC)c1NC(=O)c1ccccc1C. The van der Waals surface area contributed by atoms with Gasteiger partial charge in [0.25, 0.3) is 5.91 Å². The molecule has 0 bridgehead atoms. The fourth-order valence-corrected chi connectivity index (χ4v) is 2.41. The minimum Gasteiger partial charge on any atom is -0.321 e.